The zero-order valence-electron chi connectivity index (χ0n) is 13.6. The van der Waals surface area contributed by atoms with Gasteiger partial charge in [-0.25, -0.2) is 4.99 Å². The number of carbonyl (C=O) groups is 2. The number of rotatable bonds is 6. The van der Waals surface area contributed by atoms with E-state index in [1.807, 2.05) is 0 Å². The van der Waals surface area contributed by atoms with E-state index in [1.54, 1.807) is 11.8 Å². The summed E-state index contributed by atoms with van der Waals surface area (Å²) in [5.74, 6) is 2.06. The average molecular weight is 364 g/mol. The van der Waals surface area contributed by atoms with Crippen LogP contribution in [-0.4, -0.2) is 40.9 Å². The number of fused-ring (bicyclic) bond motifs is 2. The van der Waals surface area contributed by atoms with Crippen LogP contribution < -0.4 is 0 Å². The van der Waals surface area contributed by atoms with Crippen molar-refractivity contribution in [3.63, 3.8) is 0 Å². The van der Waals surface area contributed by atoms with Crippen LogP contribution in [0.1, 0.15) is 32.6 Å². The molecule has 0 aromatic heterocycles. The summed E-state index contributed by atoms with van der Waals surface area (Å²) in [7, 11) is 0. The lowest BCUT2D eigenvalue weighted by Crippen LogP contribution is -2.26. The number of amides is 1. The van der Waals surface area contributed by atoms with Crippen molar-refractivity contribution < 1.29 is 14.3 Å². The third kappa shape index (κ3) is 3.33. The molecule has 2 aliphatic heterocycles. The van der Waals surface area contributed by atoms with Gasteiger partial charge in [-0.2, -0.15) is 4.99 Å². The molecule has 0 aromatic rings. The molecule has 3 atom stereocenters. The number of hydrogen-bond donors (Lipinski definition) is 0. The fraction of sp³-hybridized carbons (Fsp3) is 0.647. The van der Waals surface area contributed by atoms with E-state index in [4.69, 9.17) is 4.74 Å². The van der Waals surface area contributed by atoms with Crippen molar-refractivity contribution in [2.75, 3.05) is 18.1 Å². The summed E-state index contributed by atoms with van der Waals surface area (Å²) in [6.45, 7) is 2.71. The molecule has 1 fully saturated rings. The highest BCUT2D eigenvalue weighted by Crippen LogP contribution is 2.48. The lowest BCUT2D eigenvalue weighted by molar-refractivity contribution is -0.141. The van der Waals surface area contributed by atoms with Crippen LogP contribution in [0.25, 0.3) is 0 Å². The molecule has 1 amide bonds. The third-order valence-corrected chi connectivity index (χ3v) is 7.09. The van der Waals surface area contributed by atoms with Crippen molar-refractivity contribution in [3.05, 3.63) is 10.5 Å². The van der Waals surface area contributed by atoms with Crippen LogP contribution in [0, 0.1) is 17.8 Å². The summed E-state index contributed by atoms with van der Waals surface area (Å²) in [5.41, 5.74) is 1.25. The van der Waals surface area contributed by atoms with E-state index < -0.39 is 0 Å². The molecule has 0 N–H and O–H groups in total. The highest BCUT2D eigenvalue weighted by atomic mass is 32.2. The summed E-state index contributed by atoms with van der Waals surface area (Å²) >= 11 is 3.07. The van der Waals surface area contributed by atoms with Gasteiger partial charge in [0.1, 0.15) is 11.8 Å². The zero-order valence-corrected chi connectivity index (χ0v) is 15.3. The normalized spacial score (nSPS) is 30.7. The van der Waals surface area contributed by atoms with Crippen LogP contribution in [0.4, 0.5) is 0 Å². The van der Waals surface area contributed by atoms with Crippen LogP contribution in [0.2, 0.25) is 0 Å². The van der Waals surface area contributed by atoms with Gasteiger partial charge in [-0.15, -0.1) is 11.8 Å². The van der Waals surface area contributed by atoms with E-state index in [9.17, 15) is 9.59 Å². The second kappa shape index (κ2) is 6.67. The van der Waals surface area contributed by atoms with Gasteiger partial charge in [-0.05, 0) is 48.0 Å². The Morgan fingerprint density at radius 2 is 2.21 bits per heavy atom. The van der Waals surface area contributed by atoms with E-state index in [0.717, 1.165) is 30.7 Å². The molecule has 0 spiro atoms. The summed E-state index contributed by atoms with van der Waals surface area (Å²) in [6, 6.07) is 0. The Morgan fingerprint density at radius 1 is 1.38 bits per heavy atom. The maximum Gasteiger partial charge on any atom is 0.315 e. The first-order chi connectivity index (χ1) is 11.6. The first kappa shape index (κ1) is 16.4. The molecule has 0 radical (unpaired) electrons. The first-order valence-electron chi connectivity index (χ1n) is 8.45. The van der Waals surface area contributed by atoms with Crippen LogP contribution in [0.5, 0.6) is 0 Å². The number of carbonyl (C=O) groups excluding carboxylic acids is 2. The number of nitrogens with zero attached hydrogens (tertiary/aromatic N) is 2. The Balaban J connectivity index is 1.25. The number of hydrogen-bond acceptors (Lipinski definition) is 6. The lowest BCUT2D eigenvalue weighted by atomic mass is 9.98. The average Bonchev–Trinajstić information content (AvgIpc) is 2.92. The Hall–Kier alpha value is -1.08. The monoisotopic (exact) mass is 364 g/mol. The Bertz CT molecular complexity index is 683. The minimum absolute atomic E-state index is 0.0831. The quantitative estimate of drug-likeness (QED) is 0.678. The van der Waals surface area contributed by atoms with Crippen molar-refractivity contribution in [3.8, 4) is 0 Å². The van der Waals surface area contributed by atoms with E-state index in [0.29, 0.717) is 30.0 Å². The first-order valence-corrected chi connectivity index (χ1v) is 10.4. The van der Waals surface area contributed by atoms with Crippen molar-refractivity contribution in [1.82, 2.24) is 0 Å². The molecule has 2 aliphatic carbocycles. The van der Waals surface area contributed by atoms with E-state index in [1.165, 1.54) is 22.2 Å². The molecule has 0 saturated heterocycles. The maximum absolute atomic E-state index is 12.3. The number of aliphatic imine (C=N–C) groups is 2. The fourth-order valence-corrected chi connectivity index (χ4v) is 5.37. The molecule has 128 valence electrons. The van der Waals surface area contributed by atoms with Crippen LogP contribution >= 0.6 is 23.5 Å². The number of ether oxygens (including phenoxy) is 1. The molecule has 3 unspecified atom stereocenters. The Morgan fingerprint density at radius 3 is 3.00 bits per heavy atom. The number of allylic oxidation sites excluding steroid dienone is 1. The predicted octanol–water partition coefficient (Wildman–Crippen LogP) is 3.06. The predicted molar refractivity (Wildman–Crippen MR) is 97.4 cm³/mol. The molecule has 1 saturated carbocycles. The fourth-order valence-electron chi connectivity index (χ4n) is 3.34. The number of thioether (sulfide) groups is 2. The van der Waals surface area contributed by atoms with Gasteiger partial charge < -0.3 is 4.74 Å². The zero-order chi connectivity index (χ0) is 16.7. The van der Waals surface area contributed by atoms with Crippen molar-refractivity contribution in [2.24, 2.45) is 27.7 Å². The summed E-state index contributed by atoms with van der Waals surface area (Å²) in [4.78, 5) is 34.1. The molecule has 2 heterocycles. The molecule has 4 aliphatic rings. The van der Waals surface area contributed by atoms with Crippen LogP contribution in [-0.2, 0) is 14.3 Å². The number of esters is 1. The molecule has 24 heavy (non-hydrogen) atoms. The van der Waals surface area contributed by atoms with Gasteiger partial charge in [0, 0.05) is 0 Å². The molecule has 4 rings (SSSR count). The largest absolute Gasteiger partial charge is 0.465 e. The topological polar surface area (TPSA) is 68.1 Å². The van der Waals surface area contributed by atoms with Crippen molar-refractivity contribution >= 4 is 46.3 Å². The molecular weight excluding hydrogens is 344 g/mol. The van der Waals surface area contributed by atoms with Crippen molar-refractivity contribution in [1.29, 1.82) is 0 Å². The lowest BCUT2D eigenvalue weighted by Gasteiger charge is -2.16. The highest BCUT2D eigenvalue weighted by molar-refractivity contribution is 8.17. The molecule has 0 aromatic carbocycles. The minimum Gasteiger partial charge on any atom is -0.465 e. The summed E-state index contributed by atoms with van der Waals surface area (Å²) in [5, 5.41) is 0.889. The SMILES string of the molecule is CC1CC1COC(=O)CSCC1=NC(=O)C2C(=N1)SC1=C2CCC1. The Kier molecular flexibility index (Phi) is 4.56. The maximum atomic E-state index is 12.3. The molecule has 7 heteroatoms. The van der Waals surface area contributed by atoms with Gasteiger partial charge in [0.05, 0.1) is 23.2 Å². The van der Waals surface area contributed by atoms with Crippen LogP contribution in [0.3, 0.4) is 0 Å². The van der Waals surface area contributed by atoms with E-state index >= 15 is 0 Å². The summed E-state index contributed by atoms with van der Waals surface area (Å²) < 4.78 is 5.25. The second-order valence-corrected chi connectivity index (χ2v) is 8.90. The smallest absolute Gasteiger partial charge is 0.315 e. The molecule has 0 bridgehead atoms. The minimum atomic E-state index is -0.202. The van der Waals surface area contributed by atoms with Gasteiger partial charge in [0.15, 0.2) is 0 Å². The summed E-state index contributed by atoms with van der Waals surface area (Å²) in [6.07, 6.45) is 4.37. The Labute approximate surface area is 149 Å². The molecule has 5 nitrogen and oxygen atoms in total. The van der Waals surface area contributed by atoms with Gasteiger partial charge in [-0.1, -0.05) is 18.7 Å². The van der Waals surface area contributed by atoms with E-state index in [2.05, 4.69) is 16.9 Å². The van der Waals surface area contributed by atoms with Crippen molar-refractivity contribution in [2.45, 2.75) is 32.6 Å². The third-order valence-electron chi connectivity index (χ3n) is 4.94. The van der Waals surface area contributed by atoms with Gasteiger partial charge >= 0.3 is 5.97 Å². The molecular formula is C17H20N2O3S2. The van der Waals surface area contributed by atoms with Crippen LogP contribution in [0.15, 0.2) is 20.5 Å². The number of amidine groups is 1. The highest BCUT2D eigenvalue weighted by Gasteiger charge is 2.41. The second-order valence-electron chi connectivity index (χ2n) is 6.80. The van der Waals surface area contributed by atoms with Gasteiger partial charge in [0.25, 0.3) is 5.91 Å². The van der Waals surface area contributed by atoms with Gasteiger partial charge in [-0.3, -0.25) is 9.59 Å². The standard InChI is InChI=1S/C17H20N2O3S2/c1-9-5-10(9)6-22-14(20)8-23-7-13-18-16(21)15-11-3-2-4-12(11)24-17(15)19-13/h9-10,15H,2-8H2,1H3. The van der Waals surface area contributed by atoms with Gasteiger partial charge in [0.2, 0.25) is 0 Å². The van der Waals surface area contributed by atoms with E-state index in [-0.39, 0.29) is 23.5 Å².